The highest BCUT2D eigenvalue weighted by Gasteiger charge is 2.21. The van der Waals surface area contributed by atoms with Crippen LogP contribution in [0.15, 0.2) is 53.2 Å². The van der Waals surface area contributed by atoms with Gasteiger partial charge in [-0.15, -0.1) is 0 Å². The molecule has 1 aromatic carbocycles. The van der Waals surface area contributed by atoms with Crippen LogP contribution in [-0.4, -0.2) is 14.8 Å². The maximum atomic E-state index is 14.2. The van der Waals surface area contributed by atoms with Crippen molar-refractivity contribution in [2.24, 2.45) is 0 Å². The van der Waals surface area contributed by atoms with Crippen LogP contribution in [0.4, 0.5) is 4.39 Å². The van der Waals surface area contributed by atoms with Gasteiger partial charge in [-0.1, -0.05) is 41.5 Å². The fourth-order valence-electron chi connectivity index (χ4n) is 2.70. The highest BCUT2D eigenvalue weighted by atomic mass is 35.5. The molecule has 0 unspecified atom stereocenters. The van der Waals surface area contributed by atoms with Crippen LogP contribution in [-0.2, 0) is 6.42 Å². The summed E-state index contributed by atoms with van der Waals surface area (Å²) in [6, 6.07) is 7.19. The minimum absolute atomic E-state index is 0.122. The van der Waals surface area contributed by atoms with E-state index in [2.05, 4.69) is 16.7 Å². The molecule has 2 heterocycles. The smallest absolute Gasteiger partial charge is 0.145 e. The number of nitrogens with zero attached hydrogens (tertiary/aromatic N) is 3. The first-order valence-electron chi connectivity index (χ1n) is 8.35. The molecule has 0 aliphatic rings. The standard InChI is InChI=1S/C20H18Cl2FN3S/c1-4-19-17(7-13-5-6-24-11-18(13)23)20(26(25-19)12(2)3)27-16-9-14(21)8-15(22)10-16/h4-6,8-12H,1,7H2,2-3H3. The summed E-state index contributed by atoms with van der Waals surface area (Å²) >= 11 is 13.8. The normalized spacial score (nSPS) is 11.2. The quantitative estimate of drug-likeness (QED) is 0.443. The molecule has 3 aromatic rings. The van der Waals surface area contributed by atoms with Crippen molar-refractivity contribution in [1.82, 2.24) is 14.8 Å². The zero-order valence-electron chi connectivity index (χ0n) is 14.9. The summed E-state index contributed by atoms with van der Waals surface area (Å²) < 4.78 is 16.1. The number of halogens is 3. The van der Waals surface area contributed by atoms with Crippen molar-refractivity contribution < 1.29 is 4.39 Å². The van der Waals surface area contributed by atoms with E-state index >= 15 is 0 Å². The molecule has 0 radical (unpaired) electrons. The maximum Gasteiger partial charge on any atom is 0.145 e. The number of hydrogen-bond donors (Lipinski definition) is 0. The Morgan fingerprint density at radius 1 is 1.26 bits per heavy atom. The molecule has 3 rings (SSSR count). The number of benzene rings is 1. The van der Waals surface area contributed by atoms with Gasteiger partial charge in [0, 0.05) is 39.2 Å². The summed E-state index contributed by atoms with van der Waals surface area (Å²) in [7, 11) is 0. The largest absolute Gasteiger partial charge is 0.262 e. The van der Waals surface area contributed by atoms with Crippen molar-refractivity contribution in [3.05, 3.63) is 75.9 Å². The van der Waals surface area contributed by atoms with Crippen LogP contribution in [0, 0.1) is 5.82 Å². The van der Waals surface area contributed by atoms with Crippen LogP contribution in [0.2, 0.25) is 10.0 Å². The van der Waals surface area contributed by atoms with E-state index in [0.29, 0.717) is 22.0 Å². The number of rotatable bonds is 6. The first-order valence-corrected chi connectivity index (χ1v) is 9.92. The van der Waals surface area contributed by atoms with Gasteiger partial charge in [0.1, 0.15) is 10.8 Å². The molecule has 0 bridgehead atoms. The number of hydrogen-bond acceptors (Lipinski definition) is 3. The van der Waals surface area contributed by atoms with Crippen LogP contribution in [0.1, 0.15) is 36.7 Å². The Morgan fingerprint density at radius 3 is 2.56 bits per heavy atom. The Morgan fingerprint density at radius 2 is 1.96 bits per heavy atom. The summed E-state index contributed by atoms with van der Waals surface area (Å²) in [6.45, 7) is 7.97. The van der Waals surface area contributed by atoms with Gasteiger partial charge in [-0.25, -0.2) is 4.39 Å². The first-order chi connectivity index (χ1) is 12.9. The minimum Gasteiger partial charge on any atom is -0.262 e. The molecule has 0 atom stereocenters. The van der Waals surface area contributed by atoms with Crippen molar-refractivity contribution in [2.75, 3.05) is 0 Å². The van der Waals surface area contributed by atoms with Crippen molar-refractivity contribution >= 4 is 41.0 Å². The Hall–Kier alpha value is -1.82. The molecule has 7 heteroatoms. The van der Waals surface area contributed by atoms with E-state index < -0.39 is 0 Å². The van der Waals surface area contributed by atoms with Crippen LogP contribution < -0.4 is 0 Å². The molecule has 0 aliphatic heterocycles. The lowest BCUT2D eigenvalue weighted by molar-refractivity contribution is 0.490. The SMILES string of the molecule is C=Cc1nn(C(C)C)c(Sc2cc(Cl)cc(Cl)c2)c1Cc1ccncc1F. The van der Waals surface area contributed by atoms with Gasteiger partial charge in [0.15, 0.2) is 0 Å². The van der Waals surface area contributed by atoms with Crippen molar-refractivity contribution in [1.29, 1.82) is 0 Å². The second-order valence-electron chi connectivity index (χ2n) is 6.26. The molecule has 3 nitrogen and oxygen atoms in total. The van der Waals surface area contributed by atoms with E-state index in [-0.39, 0.29) is 11.9 Å². The van der Waals surface area contributed by atoms with Crippen molar-refractivity contribution in [3.8, 4) is 0 Å². The molecule has 0 saturated heterocycles. The van der Waals surface area contributed by atoms with E-state index in [9.17, 15) is 4.39 Å². The molecule has 0 saturated carbocycles. The van der Waals surface area contributed by atoms with Gasteiger partial charge >= 0.3 is 0 Å². The summed E-state index contributed by atoms with van der Waals surface area (Å²) in [6.07, 6.45) is 4.89. The molecule has 0 fully saturated rings. The average molecular weight is 422 g/mol. The van der Waals surface area contributed by atoms with Crippen LogP contribution in [0.5, 0.6) is 0 Å². The van der Waals surface area contributed by atoms with Gasteiger partial charge in [-0.3, -0.25) is 9.67 Å². The molecule has 0 aliphatic carbocycles. The van der Waals surface area contributed by atoms with Gasteiger partial charge < -0.3 is 0 Å². The molecule has 0 spiro atoms. The topological polar surface area (TPSA) is 30.7 Å². The summed E-state index contributed by atoms with van der Waals surface area (Å²) in [5.74, 6) is -0.341. The van der Waals surface area contributed by atoms with E-state index in [1.54, 1.807) is 24.4 Å². The first kappa shape index (κ1) is 19.9. The summed E-state index contributed by atoms with van der Waals surface area (Å²) in [4.78, 5) is 4.71. The van der Waals surface area contributed by atoms with Crippen molar-refractivity contribution in [3.63, 3.8) is 0 Å². The van der Waals surface area contributed by atoms with E-state index in [1.807, 2.05) is 30.7 Å². The van der Waals surface area contributed by atoms with Gasteiger partial charge in [-0.05, 0) is 49.8 Å². The fourth-order valence-corrected chi connectivity index (χ4v) is 4.59. The zero-order valence-corrected chi connectivity index (χ0v) is 17.2. The number of pyridine rings is 1. The van der Waals surface area contributed by atoms with Crippen LogP contribution >= 0.6 is 35.0 Å². The molecule has 140 valence electrons. The van der Waals surface area contributed by atoms with E-state index in [0.717, 1.165) is 21.2 Å². The van der Waals surface area contributed by atoms with Gasteiger partial charge in [-0.2, -0.15) is 5.10 Å². The minimum atomic E-state index is -0.341. The molecular weight excluding hydrogens is 404 g/mol. The second-order valence-corrected chi connectivity index (χ2v) is 8.20. The predicted octanol–water partition coefficient (Wildman–Crippen LogP) is 6.69. The summed E-state index contributed by atoms with van der Waals surface area (Å²) in [5, 5.41) is 6.70. The monoisotopic (exact) mass is 421 g/mol. The third-order valence-electron chi connectivity index (χ3n) is 3.95. The second kappa shape index (κ2) is 8.46. The van der Waals surface area contributed by atoms with E-state index in [1.165, 1.54) is 18.0 Å². The van der Waals surface area contributed by atoms with Gasteiger partial charge in [0.05, 0.1) is 11.9 Å². The summed E-state index contributed by atoms with van der Waals surface area (Å²) in [5.41, 5.74) is 2.20. The highest BCUT2D eigenvalue weighted by molar-refractivity contribution is 7.99. The lowest BCUT2D eigenvalue weighted by Crippen LogP contribution is -2.05. The zero-order chi connectivity index (χ0) is 19.6. The molecule has 0 amide bonds. The van der Waals surface area contributed by atoms with Crippen LogP contribution in [0.3, 0.4) is 0 Å². The lowest BCUT2D eigenvalue weighted by atomic mass is 10.1. The Balaban J connectivity index is 2.11. The maximum absolute atomic E-state index is 14.2. The third kappa shape index (κ3) is 4.54. The van der Waals surface area contributed by atoms with Gasteiger partial charge in [0.25, 0.3) is 0 Å². The van der Waals surface area contributed by atoms with Gasteiger partial charge in [0.2, 0.25) is 0 Å². The molecule has 27 heavy (non-hydrogen) atoms. The fraction of sp³-hybridized carbons (Fsp3) is 0.200. The Kier molecular flexibility index (Phi) is 6.25. The predicted molar refractivity (Wildman–Crippen MR) is 110 cm³/mol. The third-order valence-corrected chi connectivity index (χ3v) is 5.48. The molecule has 0 N–H and O–H groups in total. The Bertz CT molecular complexity index is 965. The molecular formula is C20H18Cl2FN3S. The van der Waals surface area contributed by atoms with Crippen molar-refractivity contribution in [2.45, 2.75) is 36.2 Å². The highest BCUT2D eigenvalue weighted by Crippen LogP contribution is 2.37. The average Bonchev–Trinajstić information content (AvgIpc) is 2.94. The number of aromatic nitrogens is 3. The van der Waals surface area contributed by atoms with E-state index in [4.69, 9.17) is 23.2 Å². The molecule has 2 aromatic heterocycles. The van der Waals surface area contributed by atoms with Crippen LogP contribution in [0.25, 0.3) is 6.08 Å². The Labute approximate surface area is 172 Å². The lowest BCUT2D eigenvalue weighted by Gasteiger charge is -2.13.